The number of amides is 1. The Morgan fingerprint density at radius 2 is 1.73 bits per heavy atom. The molecular formula is C22H20F2N4O2. The molecule has 0 radical (unpaired) electrons. The summed E-state index contributed by atoms with van der Waals surface area (Å²) in [4.78, 5) is 29.0. The number of nitrogens with one attached hydrogen (secondary N) is 2. The molecule has 0 saturated carbocycles. The van der Waals surface area contributed by atoms with Gasteiger partial charge in [-0.15, -0.1) is 0 Å². The molecule has 2 aromatic carbocycles. The number of carbonyl (C=O) groups excluding carboxylic acids is 1. The molecule has 1 aliphatic rings. The summed E-state index contributed by atoms with van der Waals surface area (Å²) in [6.45, 7) is 1.57. The van der Waals surface area contributed by atoms with E-state index in [1.165, 1.54) is 12.3 Å². The highest BCUT2D eigenvalue weighted by molar-refractivity contribution is 5.94. The molecular weight excluding hydrogens is 390 g/mol. The molecule has 1 fully saturated rings. The molecule has 154 valence electrons. The van der Waals surface area contributed by atoms with Crippen molar-refractivity contribution in [3.8, 4) is 0 Å². The third-order valence-corrected chi connectivity index (χ3v) is 5.12. The van der Waals surface area contributed by atoms with Gasteiger partial charge in [0.25, 0.3) is 11.5 Å². The first-order chi connectivity index (χ1) is 14.4. The minimum absolute atomic E-state index is 0.0143. The molecule has 0 aliphatic carbocycles. The second kappa shape index (κ2) is 7.98. The number of benzene rings is 2. The van der Waals surface area contributed by atoms with Crippen molar-refractivity contribution in [1.29, 1.82) is 0 Å². The molecule has 8 heteroatoms. The summed E-state index contributed by atoms with van der Waals surface area (Å²) in [7, 11) is 0. The van der Waals surface area contributed by atoms with E-state index in [9.17, 15) is 18.4 Å². The van der Waals surface area contributed by atoms with Gasteiger partial charge in [-0.3, -0.25) is 9.59 Å². The van der Waals surface area contributed by atoms with Gasteiger partial charge in [0.15, 0.2) is 11.6 Å². The van der Waals surface area contributed by atoms with Gasteiger partial charge in [-0.1, -0.05) is 0 Å². The number of rotatable bonds is 4. The minimum Gasteiger partial charge on any atom is -0.397 e. The van der Waals surface area contributed by atoms with Crippen molar-refractivity contribution in [1.82, 2.24) is 9.88 Å². The van der Waals surface area contributed by atoms with Gasteiger partial charge in [0.2, 0.25) is 0 Å². The molecule has 1 amide bonds. The highest BCUT2D eigenvalue weighted by atomic mass is 19.2. The molecule has 1 saturated heterocycles. The molecule has 0 unspecified atom stereocenters. The Bertz CT molecular complexity index is 1200. The number of nitrogens with two attached hydrogens (primary N) is 1. The zero-order valence-electron chi connectivity index (χ0n) is 16.0. The quantitative estimate of drug-likeness (QED) is 0.615. The topological polar surface area (TPSA) is 91.2 Å². The van der Waals surface area contributed by atoms with Crippen LogP contribution in [0.1, 0.15) is 28.8 Å². The molecule has 4 rings (SSSR count). The summed E-state index contributed by atoms with van der Waals surface area (Å²) in [5, 5.41) is 3.30. The van der Waals surface area contributed by atoms with Crippen molar-refractivity contribution >= 4 is 28.2 Å². The predicted molar refractivity (Wildman–Crippen MR) is 112 cm³/mol. The second-order valence-electron chi connectivity index (χ2n) is 7.19. The fourth-order valence-electron chi connectivity index (χ4n) is 3.47. The number of hydrogen-bond donors (Lipinski definition) is 3. The van der Waals surface area contributed by atoms with Crippen molar-refractivity contribution in [3.05, 3.63) is 81.8 Å². The maximum absolute atomic E-state index is 13.5. The zero-order chi connectivity index (χ0) is 21.3. The standard InChI is InChI=1S/C22H20F2N4O2/c23-17-10-14-9-16(21(29)27-20(14)11-18(17)24)19(25)12-26-15-5-3-13(4-6-15)22(30)28-7-1-2-8-28/h3-6,9-12,26H,1-2,7-8,25H2,(H,27,29)/b19-12-. The number of aromatic amines is 1. The van der Waals surface area contributed by atoms with Crippen molar-refractivity contribution < 1.29 is 13.6 Å². The molecule has 0 bridgehead atoms. The van der Waals surface area contributed by atoms with E-state index in [0.29, 0.717) is 16.6 Å². The van der Waals surface area contributed by atoms with Gasteiger partial charge >= 0.3 is 0 Å². The number of nitrogens with zero attached hydrogens (tertiary/aromatic N) is 1. The first-order valence-corrected chi connectivity index (χ1v) is 9.56. The molecule has 2 heterocycles. The third-order valence-electron chi connectivity index (χ3n) is 5.12. The van der Waals surface area contributed by atoms with Crippen molar-refractivity contribution in [2.75, 3.05) is 18.4 Å². The zero-order valence-corrected chi connectivity index (χ0v) is 16.0. The first kappa shape index (κ1) is 19.6. The Morgan fingerprint density at radius 1 is 1.07 bits per heavy atom. The van der Waals surface area contributed by atoms with E-state index in [1.54, 1.807) is 24.3 Å². The number of carbonyl (C=O) groups is 1. The van der Waals surface area contributed by atoms with Crippen LogP contribution in [0, 0.1) is 11.6 Å². The summed E-state index contributed by atoms with van der Waals surface area (Å²) in [6.07, 6.45) is 3.50. The van der Waals surface area contributed by atoms with E-state index in [4.69, 9.17) is 5.73 Å². The lowest BCUT2D eigenvalue weighted by atomic mass is 10.1. The van der Waals surface area contributed by atoms with Crippen molar-refractivity contribution in [2.24, 2.45) is 5.73 Å². The van der Waals surface area contributed by atoms with E-state index in [-0.39, 0.29) is 22.7 Å². The molecule has 0 spiro atoms. The fraction of sp³-hybridized carbons (Fsp3) is 0.182. The van der Waals surface area contributed by atoms with Gasteiger partial charge in [-0.05, 0) is 49.2 Å². The van der Waals surface area contributed by atoms with Crippen LogP contribution in [0.4, 0.5) is 14.5 Å². The monoisotopic (exact) mass is 410 g/mol. The number of likely N-dealkylation sites (tertiary alicyclic amines) is 1. The summed E-state index contributed by atoms with van der Waals surface area (Å²) >= 11 is 0. The van der Waals surface area contributed by atoms with E-state index in [1.807, 2.05) is 4.90 Å². The Morgan fingerprint density at radius 3 is 2.43 bits per heavy atom. The Hall–Kier alpha value is -3.68. The molecule has 1 aromatic heterocycles. The van der Waals surface area contributed by atoms with Gasteiger partial charge in [0, 0.05) is 42.0 Å². The van der Waals surface area contributed by atoms with Crippen LogP contribution in [0.15, 0.2) is 53.5 Å². The van der Waals surface area contributed by atoms with Crippen LogP contribution in [0.25, 0.3) is 16.6 Å². The van der Waals surface area contributed by atoms with Gasteiger partial charge in [0.1, 0.15) is 0 Å². The number of pyridine rings is 1. The van der Waals surface area contributed by atoms with Crippen LogP contribution < -0.4 is 16.6 Å². The number of aromatic nitrogens is 1. The van der Waals surface area contributed by atoms with E-state index < -0.39 is 17.2 Å². The lowest BCUT2D eigenvalue weighted by Gasteiger charge is -2.15. The molecule has 4 N–H and O–H groups in total. The molecule has 3 aromatic rings. The van der Waals surface area contributed by atoms with Crippen LogP contribution in [-0.2, 0) is 0 Å². The predicted octanol–water partition coefficient (Wildman–Crippen LogP) is 3.41. The first-order valence-electron chi connectivity index (χ1n) is 9.56. The van der Waals surface area contributed by atoms with Crippen LogP contribution in [-0.4, -0.2) is 28.9 Å². The van der Waals surface area contributed by atoms with Crippen LogP contribution in [0.3, 0.4) is 0 Å². The van der Waals surface area contributed by atoms with Gasteiger partial charge in [-0.25, -0.2) is 8.78 Å². The largest absolute Gasteiger partial charge is 0.397 e. The SMILES string of the molecule is N/C(=C\Nc1ccc(C(=O)N2CCCC2)cc1)c1cc2cc(F)c(F)cc2[nH]c1=O. The highest BCUT2D eigenvalue weighted by Gasteiger charge is 2.19. The summed E-state index contributed by atoms with van der Waals surface area (Å²) in [5.74, 6) is -2.03. The number of hydrogen-bond acceptors (Lipinski definition) is 4. The van der Waals surface area contributed by atoms with Crippen molar-refractivity contribution in [3.63, 3.8) is 0 Å². The number of H-pyrrole nitrogens is 1. The van der Waals surface area contributed by atoms with Gasteiger partial charge in [-0.2, -0.15) is 0 Å². The Labute approximate surface area is 171 Å². The summed E-state index contributed by atoms with van der Waals surface area (Å²) < 4.78 is 26.8. The summed E-state index contributed by atoms with van der Waals surface area (Å²) in [6, 6.07) is 10.3. The molecule has 0 atom stereocenters. The second-order valence-corrected chi connectivity index (χ2v) is 7.19. The average Bonchev–Trinajstić information content (AvgIpc) is 3.27. The Balaban J connectivity index is 1.52. The molecule has 6 nitrogen and oxygen atoms in total. The van der Waals surface area contributed by atoms with Crippen LogP contribution in [0.2, 0.25) is 0 Å². The van der Waals surface area contributed by atoms with E-state index in [2.05, 4.69) is 10.3 Å². The number of halogens is 2. The lowest BCUT2D eigenvalue weighted by Crippen LogP contribution is -2.27. The normalized spacial score (nSPS) is 14.3. The molecule has 30 heavy (non-hydrogen) atoms. The van der Waals surface area contributed by atoms with E-state index >= 15 is 0 Å². The van der Waals surface area contributed by atoms with E-state index in [0.717, 1.165) is 38.1 Å². The van der Waals surface area contributed by atoms with Crippen molar-refractivity contribution in [2.45, 2.75) is 12.8 Å². The number of fused-ring (bicyclic) bond motifs is 1. The highest BCUT2D eigenvalue weighted by Crippen LogP contribution is 2.19. The fourth-order valence-corrected chi connectivity index (χ4v) is 3.47. The van der Waals surface area contributed by atoms with Gasteiger partial charge in [0.05, 0.1) is 16.8 Å². The third kappa shape index (κ3) is 3.89. The number of anilines is 1. The Kier molecular flexibility index (Phi) is 5.22. The van der Waals surface area contributed by atoms with Crippen LogP contribution >= 0.6 is 0 Å². The average molecular weight is 410 g/mol. The molecule has 1 aliphatic heterocycles. The smallest absolute Gasteiger partial charge is 0.257 e. The maximum atomic E-state index is 13.5. The maximum Gasteiger partial charge on any atom is 0.257 e. The lowest BCUT2D eigenvalue weighted by molar-refractivity contribution is 0.0793. The van der Waals surface area contributed by atoms with Gasteiger partial charge < -0.3 is 20.9 Å². The summed E-state index contributed by atoms with van der Waals surface area (Å²) in [5.41, 5.74) is 7.22. The minimum atomic E-state index is -1.04. The van der Waals surface area contributed by atoms with Crippen LogP contribution in [0.5, 0.6) is 0 Å².